The predicted molar refractivity (Wildman–Crippen MR) is 129 cm³/mol. The molecule has 0 N–H and O–H groups in total. The topological polar surface area (TPSA) is 66.2 Å². The van der Waals surface area contributed by atoms with Gasteiger partial charge in [0.2, 0.25) is 0 Å². The van der Waals surface area contributed by atoms with E-state index in [0.717, 1.165) is 22.7 Å². The number of thioether (sulfide) groups is 1. The molecule has 0 radical (unpaired) electrons. The monoisotopic (exact) mass is 485 g/mol. The van der Waals surface area contributed by atoms with Crippen LogP contribution in [0.5, 0.6) is 11.5 Å². The van der Waals surface area contributed by atoms with Gasteiger partial charge < -0.3 is 9.47 Å². The fraction of sp³-hybridized carbons (Fsp3) is 0.174. The van der Waals surface area contributed by atoms with Crippen LogP contribution in [0.2, 0.25) is 4.34 Å². The van der Waals surface area contributed by atoms with Gasteiger partial charge in [0.05, 0.1) is 28.7 Å². The Hall–Kier alpha value is -2.81. The van der Waals surface area contributed by atoms with Crippen molar-refractivity contribution in [2.24, 2.45) is 0 Å². The fourth-order valence-electron chi connectivity index (χ4n) is 3.07. The number of benzene rings is 2. The highest BCUT2D eigenvalue weighted by atomic mass is 35.5. The van der Waals surface area contributed by atoms with Crippen molar-refractivity contribution >= 4 is 40.5 Å². The summed E-state index contributed by atoms with van der Waals surface area (Å²) in [6, 6.07) is 18.8. The Labute approximate surface area is 199 Å². The summed E-state index contributed by atoms with van der Waals surface area (Å²) in [6.07, 6.45) is 0. The Balaban J connectivity index is 1.69. The number of aromatic nitrogens is 3. The lowest BCUT2D eigenvalue weighted by Gasteiger charge is -2.12. The van der Waals surface area contributed by atoms with E-state index in [0.29, 0.717) is 26.8 Å². The molecule has 0 aliphatic heterocycles. The number of carbonyl (C=O) groups is 1. The molecule has 0 amide bonds. The lowest BCUT2D eigenvalue weighted by molar-refractivity contribution is 0.102. The van der Waals surface area contributed by atoms with Gasteiger partial charge in [0.1, 0.15) is 11.5 Å². The molecule has 164 valence electrons. The first-order valence-electron chi connectivity index (χ1n) is 9.83. The Bertz CT molecular complexity index is 1220. The number of Topliss-reactive ketones (excluding diaryl/α,β-unsaturated/α-hetero) is 1. The molecule has 0 fully saturated rings. The van der Waals surface area contributed by atoms with Gasteiger partial charge in [-0.1, -0.05) is 35.5 Å². The van der Waals surface area contributed by atoms with E-state index in [-0.39, 0.29) is 11.5 Å². The molecule has 0 aliphatic rings. The van der Waals surface area contributed by atoms with Crippen LogP contribution < -0.4 is 9.47 Å². The molecule has 0 unspecified atom stereocenters. The predicted octanol–water partition coefficient (Wildman–Crippen LogP) is 6.03. The largest absolute Gasteiger partial charge is 0.497 e. The van der Waals surface area contributed by atoms with Gasteiger partial charge in [0.25, 0.3) is 0 Å². The van der Waals surface area contributed by atoms with Gasteiger partial charge in [0, 0.05) is 11.3 Å². The molecule has 0 saturated heterocycles. The van der Waals surface area contributed by atoms with Gasteiger partial charge in [-0.05, 0) is 55.5 Å². The number of hydrogen-bond acceptors (Lipinski definition) is 7. The minimum absolute atomic E-state index is 0.00364. The quantitative estimate of drug-likeness (QED) is 0.213. The van der Waals surface area contributed by atoms with E-state index < -0.39 is 0 Å². The summed E-state index contributed by atoms with van der Waals surface area (Å²) in [5, 5.41) is 9.42. The summed E-state index contributed by atoms with van der Waals surface area (Å²) in [5.41, 5.74) is 1.72. The first-order valence-corrected chi connectivity index (χ1v) is 12.0. The first-order chi connectivity index (χ1) is 15.6. The average Bonchev–Trinajstić information content (AvgIpc) is 3.45. The van der Waals surface area contributed by atoms with Gasteiger partial charge in [-0.2, -0.15) is 0 Å². The summed E-state index contributed by atoms with van der Waals surface area (Å²) in [6.45, 7) is 2.54. The molecule has 0 bridgehead atoms. The van der Waals surface area contributed by atoms with E-state index in [1.54, 1.807) is 19.2 Å². The molecule has 9 heteroatoms. The lowest BCUT2D eigenvalue weighted by Crippen LogP contribution is -2.04. The minimum Gasteiger partial charge on any atom is -0.497 e. The SMILES string of the molecule is CCOc1ccc(-n2c(SCC(=O)c3ccc(Cl)s3)nnc2-c2cccc(OC)c2)cc1. The van der Waals surface area contributed by atoms with Crippen molar-refractivity contribution in [3.63, 3.8) is 0 Å². The van der Waals surface area contributed by atoms with Crippen LogP contribution in [0.1, 0.15) is 16.6 Å². The molecule has 0 atom stereocenters. The number of rotatable bonds is 9. The van der Waals surface area contributed by atoms with Gasteiger partial charge in [-0.15, -0.1) is 21.5 Å². The van der Waals surface area contributed by atoms with Crippen LogP contribution in [0.3, 0.4) is 0 Å². The molecule has 4 aromatic rings. The Morgan fingerprint density at radius 1 is 1.09 bits per heavy atom. The summed E-state index contributed by atoms with van der Waals surface area (Å²) >= 11 is 8.58. The standard InChI is InChI=1S/C23H20ClN3O3S2/c1-3-30-17-9-7-16(8-10-17)27-22(15-5-4-6-18(13-15)29-2)25-26-23(27)31-14-19(28)20-11-12-21(24)32-20/h4-13H,3,14H2,1-2H3. The molecule has 0 aliphatic carbocycles. The van der Waals surface area contributed by atoms with Crippen LogP contribution in [0, 0.1) is 0 Å². The second kappa shape index (κ2) is 10.2. The van der Waals surface area contributed by atoms with Crippen LogP contribution in [-0.4, -0.2) is 40.0 Å². The third-order valence-electron chi connectivity index (χ3n) is 4.55. The zero-order chi connectivity index (χ0) is 22.5. The summed E-state index contributed by atoms with van der Waals surface area (Å²) in [5.74, 6) is 2.39. The molecule has 4 rings (SSSR count). The van der Waals surface area contributed by atoms with Crippen molar-refractivity contribution in [1.82, 2.24) is 14.8 Å². The van der Waals surface area contributed by atoms with E-state index in [4.69, 9.17) is 21.1 Å². The normalized spacial score (nSPS) is 10.8. The maximum atomic E-state index is 12.6. The Kier molecular flexibility index (Phi) is 7.14. The molecule has 2 heterocycles. The van der Waals surface area contributed by atoms with Crippen molar-refractivity contribution < 1.29 is 14.3 Å². The average molecular weight is 486 g/mol. The van der Waals surface area contributed by atoms with Crippen LogP contribution in [0.25, 0.3) is 17.1 Å². The molecule has 0 spiro atoms. The number of carbonyl (C=O) groups excluding carboxylic acids is 1. The smallest absolute Gasteiger partial charge is 0.196 e. The van der Waals surface area contributed by atoms with E-state index in [1.807, 2.05) is 60.0 Å². The Morgan fingerprint density at radius 2 is 1.91 bits per heavy atom. The van der Waals surface area contributed by atoms with Gasteiger partial charge in [-0.25, -0.2) is 0 Å². The second-order valence-electron chi connectivity index (χ2n) is 6.62. The van der Waals surface area contributed by atoms with Crippen molar-refractivity contribution in [2.75, 3.05) is 19.5 Å². The second-order valence-corrected chi connectivity index (χ2v) is 9.27. The highest BCUT2D eigenvalue weighted by Gasteiger charge is 2.19. The van der Waals surface area contributed by atoms with Gasteiger partial charge in [-0.3, -0.25) is 9.36 Å². The number of ketones is 1. The number of nitrogens with zero attached hydrogens (tertiary/aromatic N) is 3. The number of thiophene rings is 1. The zero-order valence-corrected chi connectivity index (χ0v) is 19.8. The number of hydrogen-bond donors (Lipinski definition) is 0. The van der Waals surface area contributed by atoms with E-state index in [9.17, 15) is 4.79 Å². The zero-order valence-electron chi connectivity index (χ0n) is 17.4. The maximum Gasteiger partial charge on any atom is 0.196 e. The van der Waals surface area contributed by atoms with Gasteiger partial charge >= 0.3 is 0 Å². The molecular formula is C23H20ClN3O3S2. The third-order valence-corrected chi connectivity index (χ3v) is 6.75. The molecule has 2 aromatic heterocycles. The Morgan fingerprint density at radius 3 is 2.59 bits per heavy atom. The summed E-state index contributed by atoms with van der Waals surface area (Å²) < 4.78 is 13.5. The summed E-state index contributed by atoms with van der Waals surface area (Å²) in [7, 11) is 1.63. The molecular weight excluding hydrogens is 466 g/mol. The van der Waals surface area contributed by atoms with E-state index in [1.165, 1.54) is 23.1 Å². The summed E-state index contributed by atoms with van der Waals surface area (Å²) in [4.78, 5) is 13.2. The third kappa shape index (κ3) is 4.98. The van der Waals surface area contributed by atoms with Gasteiger partial charge in [0.15, 0.2) is 16.8 Å². The van der Waals surface area contributed by atoms with Crippen molar-refractivity contribution in [3.05, 3.63) is 69.9 Å². The molecule has 2 aromatic carbocycles. The fourth-order valence-corrected chi connectivity index (χ4v) is 4.98. The number of ether oxygens (including phenoxy) is 2. The maximum absolute atomic E-state index is 12.6. The number of methoxy groups -OCH3 is 1. The van der Waals surface area contributed by atoms with Crippen LogP contribution in [0.15, 0.2) is 65.8 Å². The van der Waals surface area contributed by atoms with Crippen LogP contribution in [-0.2, 0) is 0 Å². The highest BCUT2D eigenvalue weighted by Crippen LogP contribution is 2.31. The van der Waals surface area contributed by atoms with Crippen molar-refractivity contribution in [3.8, 4) is 28.6 Å². The van der Waals surface area contributed by atoms with Crippen molar-refractivity contribution in [2.45, 2.75) is 12.1 Å². The van der Waals surface area contributed by atoms with Crippen LogP contribution in [0.4, 0.5) is 0 Å². The van der Waals surface area contributed by atoms with E-state index in [2.05, 4.69) is 10.2 Å². The molecule has 0 saturated carbocycles. The lowest BCUT2D eigenvalue weighted by atomic mass is 10.2. The highest BCUT2D eigenvalue weighted by molar-refractivity contribution is 7.99. The first kappa shape index (κ1) is 22.4. The van der Waals surface area contributed by atoms with Crippen LogP contribution >= 0.6 is 34.7 Å². The molecule has 6 nitrogen and oxygen atoms in total. The number of halogens is 1. The minimum atomic E-state index is -0.00364. The van der Waals surface area contributed by atoms with Crippen molar-refractivity contribution in [1.29, 1.82) is 0 Å². The van der Waals surface area contributed by atoms with E-state index >= 15 is 0 Å². The molecule has 32 heavy (non-hydrogen) atoms.